The SMILES string of the molecule is COC1CCCC1NS(=O)(=O)c1cc(CN)cc(Br)c1C. The number of ether oxygens (including phenoxy) is 1. The normalized spacial score (nSPS) is 22.7. The van der Waals surface area contributed by atoms with Crippen LogP contribution in [0.25, 0.3) is 0 Å². The molecule has 21 heavy (non-hydrogen) atoms. The van der Waals surface area contributed by atoms with Gasteiger partial charge in [0.1, 0.15) is 0 Å². The zero-order valence-corrected chi connectivity index (χ0v) is 14.6. The van der Waals surface area contributed by atoms with Crippen molar-refractivity contribution in [2.45, 2.75) is 49.8 Å². The van der Waals surface area contributed by atoms with Crippen LogP contribution in [-0.2, 0) is 21.3 Å². The molecule has 1 saturated carbocycles. The highest BCUT2D eigenvalue weighted by molar-refractivity contribution is 9.10. The predicted molar refractivity (Wildman–Crippen MR) is 85.5 cm³/mol. The summed E-state index contributed by atoms with van der Waals surface area (Å²) in [5, 5.41) is 0. The number of hydrogen-bond acceptors (Lipinski definition) is 4. The summed E-state index contributed by atoms with van der Waals surface area (Å²) in [6.45, 7) is 2.08. The van der Waals surface area contributed by atoms with E-state index in [1.807, 2.05) is 6.07 Å². The Morgan fingerprint density at radius 3 is 2.76 bits per heavy atom. The molecule has 118 valence electrons. The van der Waals surface area contributed by atoms with E-state index in [4.69, 9.17) is 10.5 Å². The Morgan fingerprint density at radius 1 is 1.43 bits per heavy atom. The number of methoxy groups -OCH3 is 1. The molecule has 0 radical (unpaired) electrons. The van der Waals surface area contributed by atoms with Crippen LogP contribution >= 0.6 is 15.9 Å². The van der Waals surface area contributed by atoms with Crippen LogP contribution in [0.4, 0.5) is 0 Å². The lowest BCUT2D eigenvalue weighted by Crippen LogP contribution is -2.40. The summed E-state index contributed by atoms with van der Waals surface area (Å²) in [7, 11) is -1.97. The maximum Gasteiger partial charge on any atom is 0.241 e. The third kappa shape index (κ3) is 3.65. The first-order valence-electron chi connectivity index (χ1n) is 6.93. The van der Waals surface area contributed by atoms with Gasteiger partial charge in [-0.3, -0.25) is 0 Å². The number of halogens is 1. The Bertz CT molecular complexity index is 619. The third-order valence-electron chi connectivity index (χ3n) is 3.94. The largest absolute Gasteiger partial charge is 0.380 e. The van der Waals surface area contributed by atoms with Gasteiger partial charge in [0.2, 0.25) is 10.0 Å². The second kappa shape index (κ2) is 6.75. The van der Waals surface area contributed by atoms with Crippen molar-refractivity contribution in [3.63, 3.8) is 0 Å². The summed E-state index contributed by atoms with van der Waals surface area (Å²) < 4.78 is 34.2. The van der Waals surface area contributed by atoms with Gasteiger partial charge in [-0.05, 0) is 49.4 Å². The number of sulfonamides is 1. The molecule has 0 amide bonds. The molecule has 0 heterocycles. The lowest BCUT2D eigenvalue weighted by molar-refractivity contribution is 0.0916. The van der Waals surface area contributed by atoms with Crippen molar-refractivity contribution in [2.24, 2.45) is 5.73 Å². The van der Waals surface area contributed by atoms with E-state index in [0.29, 0.717) is 12.1 Å². The molecule has 5 nitrogen and oxygen atoms in total. The number of nitrogens with two attached hydrogens (primary N) is 1. The fourth-order valence-electron chi connectivity index (χ4n) is 2.71. The van der Waals surface area contributed by atoms with Crippen LogP contribution in [0.1, 0.15) is 30.4 Å². The summed E-state index contributed by atoms with van der Waals surface area (Å²) in [6.07, 6.45) is 2.60. The van der Waals surface area contributed by atoms with Crippen molar-refractivity contribution in [1.82, 2.24) is 4.72 Å². The zero-order chi connectivity index (χ0) is 15.6. The highest BCUT2D eigenvalue weighted by atomic mass is 79.9. The Balaban J connectivity index is 2.33. The zero-order valence-electron chi connectivity index (χ0n) is 12.2. The second-order valence-corrected chi connectivity index (χ2v) is 7.87. The molecule has 1 aliphatic rings. The van der Waals surface area contributed by atoms with Gasteiger partial charge in [0.15, 0.2) is 0 Å². The van der Waals surface area contributed by atoms with Crippen LogP contribution in [0, 0.1) is 6.92 Å². The van der Waals surface area contributed by atoms with E-state index < -0.39 is 10.0 Å². The van der Waals surface area contributed by atoms with Gasteiger partial charge in [-0.15, -0.1) is 0 Å². The van der Waals surface area contributed by atoms with E-state index in [1.165, 1.54) is 0 Å². The first-order valence-corrected chi connectivity index (χ1v) is 9.21. The molecule has 0 saturated heterocycles. The molecule has 1 fully saturated rings. The van der Waals surface area contributed by atoms with E-state index in [2.05, 4.69) is 20.7 Å². The molecule has 0 spiro atoms. The van der Waals surface area contributed by atoms with Crippen molar-refractivity contribution in [3.05, 3.63) is 27.7 Å². The highest BCUT2D eigenvalue weighted by Crippen LogP contribution is 2.28. The van der Waals surface area contributed by atoms with Crippen molar-refractivity contribution >= 4 is 26.0 Å². The monoisotopic (exact) mass is 376 g/mol. The van der Waals surface area contributed by atoms with Crippen LogP contribution in [0.3, 0.4) is 0 Å². The van der Waals surface area contributed by atoms with E-state index in [0.717, 1.165) is 29.3 Å². The standard InChI is InChI=1S/C14H21BrN2O3S/c1-9-11(15)6-10(8-16)7-14(9)21(18,19)17-12-4-3-5-13(12)20-2/h6-7,12-13,17H,3-5,8,16H2,1-2H3. The van der Waals surface area contributed by atoms with Crippen LogP contribution in [0.2, 0.25) is 0 Å². The summed E-state index contributed by atoms with van der Waals surface area (Å²) in [5.41, 5.74) is 7.10. The molecule has 2 atom stereocenters. The lowest BCUT2D eigenvalue weighted by Gasteiger charge is -2.21. The van der Waals surface area contributed by atoms with Gasteiger partial charge in [-0.1, -0.05) is 15.9 Å². The molecule has 0 aliphatic heterocycles. The molecule has 7 heteroatoms. The second-order valence-electron chi connectivity index (χ2n) is 5.34. The minimum atomic E-state index is -3.59. The first-order chi connectivity index (χ1) is 9.89. The highest BCUT2D eigenvalue weighted by Gasteiger charge is 2.32. The Hall–Kier alpha value is -0.470. The van der Waals surface area contributed by atoms with Gasteiger partial charge in [0.25, 0.3) is 0 Å². The predicted octanol–water partition coefficient (Wildman–Crippen LogP) is 2.06. The van der Waals surface area contributed by atoms with E-state index in [1.54, 1.807) is 20.1 Å². The van der Waals surface area contributed by atoms with Crippen molar-refractivity contribution < 1.29 is 13.2 Å². The third-order valence-corrected chi connectivity index (χ3v) is 6.38. The van der Waals surface area contributed by atoms with Gasteiger partial charge in [-0.25, -0.2) is 13.1 Å². The average molecular weight is 377 g/mol. The Kier molecular flexibility index (Phi) is 5.43. The molecule has 1 aromatic carbocycles. The van der Waals surface area contributed by atoms with Crippen molar-refractivity contribution in [3.8, 4) is 0 Å². The average Bonchev–Trinajstić information content (AvgIpc) is 2.87. The van der Waals surface area contributed by atoms with Gasteiger partial charge in [0.05, 0.1) is 11.0 Å². The van der Waals surface area contributed by atoms with Gasteiger partial charge < -0.3 is 10.5 Å². The van der Waals surface area contributed by atoms with Crippen molar-refractivity contribution in [1.29, 1.82) is 0 Å². The fraction of sp³-hybridized carbons (Fsp3) is 0.571. The molecule has 3 N–H and O–H groups in total. The summed E-state index contributed by atoms with van der Waals surface area (Å²) >= 11 is 3.40. The maximum absolute atomic E-state index is 12.7. The number of nitrogens with one attached hydrogen (secondary N) is 1. The van der Waals surface area contributed by atoms with Gasteiger partial charge in [0, 0.05) is 24.2 Å². The molecule has 0 bridgehead atoms. The smallest absolute Gasteiger partial charge is 0.241 e. The van der Waals surface area contributed by atoms with Gasteiger partial charge >= 0.3 is 0 Å². The van der Waals surface area contributed by atoms with E-state index in [9.17, 15) is 8.42 Å². The van der Waals surface area contributed by atoms with E-state index >= 15 is 0 Å². The minimum absolute atomic E-state index is 0.0544. The minimum Gasteiger partial charge on any atom is -0.380 e. The maximum atomic E-state index is 12.7. The lowest BCUT2D eigenvalue weighted by atomic mass is 10.1. The number of rotatable bonds is 5. The quantitative estimate of drug-likeness (QED) is 0.823. The number of hydrogen-bond donors (Lipinski definition) is 2. The summed E-state index contributed by atoms with van der Waals surface area (Å²) in [5.74, 6) is 0. The van der Waals surface area contributed by atoms with Crippen LogP contribution in [0.5, 0.6) is 0 Å². The Morgan fingerprint density at radius 2 is 2.14 bits per heavy atom. The molecule has 0 aromatic heterocycles. The summed E-state index contributed by atoms with van der Waals surface area (Å²) in [6, 6.07) is 3.32. The van der Waals surface area contributed by atoms with Crippen LogP contribution in [0.15, 0.2) is 21.5 Å². The molecular formula is C14H21BrN2O3S. The van der Waals surface area contributed by atoms with Crippen LogP contribution < -0.4 is 10.5 Å². The fourth-order valence-corrected chi connectivity index (χ4v) is 4.96. The molecule has 1 aromatic rings. The van der Waals surface area contributed by atoms with Crippen LogP contribution in [-0.4, -0.2) is 27.7 Å². The molecule has 2 rings (SSSR count). The van der Waals surface area contributed by atoms with E-state index in [-0.39, 0.29) is 17.0 Å². The first kappa shape index (κ1) is 16.9. The summed E-state index contributed by atoms with van der Waals surface area (Å²) in [4.78, 5) is 0.277. The number of benzene rings is 1. The molecule has 1 aliphatic carbocycles. The van der Waals surface area contributed by atoms with Crippen molar-refractivity contribution in [2.75, 3.05) is 7.11 Å². The molecular weight excluding hydrogens is 356 g/mol. The molecule has 2 unspecified atom stereocenters. The topological polar surface area (TPSA) is 81.4 Å². The van der Waals surface area contributed by atoms with Gasteiger partial charge in [-0.2, -0.15) is 0 Å². The Labute approximate surface area is 134 Å².